The van der Waals surface area contributed by atoms with Crippen LogP contribution in [0.1, 0.15) is 20.8 Å². The second-order valence-electron chi connectivity index (χ2n) is 5.58. The molecule has 1 aromatic carbocycles. The van der Waals surface area contributed by atoms with Gasteiger partial charge >= 0.3 is 0 Å². The first kappa shape index (κ1) is 17.5. The summed E-state index contributed by atoms with van der Waals surface area (Å²) < 4.78 is 31.4. The van der Waals surface area contributed by atoms with Crippen molar-refractivity contribution in [2.45, 2.75) is 25.7 Å². The molecular formula is C14H22N2O4S. The fourth-order valence-corrected chi connectivity index (χ4v) is 2.50. The lowest BCUT2D eigenvalue weighted by atomic mass is 9.96. The minimum Gasteiger partial charge on any atom is -0.497 e. The number of carbonyl (C=O) groups is 1. The zero-order chi connectivity index (χ0) is 16.1. The highest BCUT2D eigenvalue weighted by Gasteiger charge is 2.20. The summed E-state index contributed by atoms with van der Waals surface area (Å²) in [6.07, 6.45) is 0. The molecule has 1 aromatic rings. The van der Waals surface area contributed by atoms with Gasteiger partial charge in [0, 0.05) is 18.5 Å². The lowest BCUT2D eigenvalue weighted by Crippen LogP contribution is -2.39. The van der Waals surface area contributed by atoms with E-state index in [1.165, 1.54) is 19.2 Å². The van der Waals surface area contributed by atoms with Crippen LogP contribution in [0.2, 0.25) is 0 Å². The Bertz CT molecular complexity index is 574. The van der Waals surface area contributed by atoms with E-state index in [1.54, 1.807) is 32.9 Å². The lowest BCUT2D eigenvalue weighted by molar-refractivity contribution is -0.128. The highest BCUT2D eigenvalue weighted by atomic mass is 32.2. The molecule has 0 aliphatic carbocycles. The zero-order valence-corrected chi connectivity index (χ0v) is 13.6. The number of hydrogen-bond donors (Lipinski definition) is 2. The molecule has 0 saturated heterocycles. The van der Waals surface area contributed by atoms with E-state index in [1.807, 2.05) is 0 Å². The predicted molar refractivity (Wildman–Crippen MR) is 80.6 cm³/mol. The summed E-state index contributed by atoms with van der Waals surface area (Å²) >= 11 is 0. The molecule has 0 aliphatic rings. The van der Waals surface area contributed by atoms with Crippen molar-refractivity contribution in [3.8, 4) is 5.75 Å². The normalized spacial score (nSPS) is 12.0. The predicted octanol–water partition coefficient (Wildman–Crippen LogP) is 1.14. The van der Waals surface area contributed by atoms with E-state index in [0.717, 1.165) is 0 Å². The third-order valence-electron chi connectivity index (χ3n) is 2.75. The Morgan fingerprint density at radius 2 is 1.71 bits per heavy atom. The van der Waals surface area contributed by atoms with Gasteiger partial charge < -0.3 is 10.1 Å². The number of benzene rings is 1. The van der Waals surface area contributed by atoms with Gasteiger partial charge in [-0.1, -0.05) is 20.8 Å². The average molecular weight is 314 g/mol. The Labute approximate surface area is 125 Å². The number of rotatable bonds is 6. The molecule has 21 heavy (non-hydrogen) atoms. The molecule has 0 spiro atoms. The Hall–Kier alpha value is -1.60. The van der Waals surface area contributed by atoms with Crippen LogP contribution in [0.15, 0.2) is 29.2 Å². The van der Waals surface area contributed by atoms with Crippen LogP contribution in [0.4, 0.5) is 0 Å². The summed E-state index contributed by atoms with van der Waals surface area (Å²) in [5.74, 6) is 0.470. The highest BCUT2D eigenvalue weighted by Crippen LogP contribution is 2.15. The van der Waals surface area contributed by atoms with E-state index in [-0.39, 0.29) is 23.9 Å². The van der Waals surface area contributed by atoms with Gasteiger partial charge in [-0.3, -0.25) is 4.79 Å². The van der Waals surface area contributed by atoms with E-state index in [4.69, 9.17) is 4.74 Å². The summed E-state index contributed by atoms with van der Waals surface area (Å²) in [6.45, 7) is 5.76. The van der Waals surface area contributed by atoms with Crippen molar-refractivity contribution < 1.29 is 17.9 Å². The second kappa shape index (κ2) is 6.91. The summed E-state index contributed by atoms with van der Waals surface area (Å²) in [6, 6.07) is 6.09. The molecular weight excluding hydrogens is 292 g/mol. The number of nitrogens with one attached hydrogen (secondary N) is 2. The Kier molecular flexibility index (Phi) is 5.74. The SMILES string of the molecule is COc1ccc(S(=O)(=O)NCCNC(=O)C(C)(C)C)cc1. The van der Waals surface area contributed by atoms with Crippen molar-refractivity contribution in [1.82, 2.24) is 10.0 Å². The first-order chi connectivity index (χ1) is 9.66. The van der Waals surface area contributed by atoms with Crippen molar-refractivity contribution in [2.75, 3.05) is 20.2 Å². The minimum atomic E-state index is -3.58. The lowest BCUT2D eigenvalue weighted by Gasteiger charge is -2.17. The van der Waals surface area contributed by atoms with E-state index in [0.29, 0.717) is 5.75 Å². The average Bonchev–Trinajstić information content (AvgIpc) is 2.42. The van der Waals surface area contributed by atoms with Crippen LogP contribution in [-0.4, -0.2) is 34.5 Å². The molecule has 0 saturated carbocycles. The van der Waals surface area contributed by atoms with Gasteiger partial charge in [-0.05, 0) is 24.3 Å². The number of amides is 1. The van der Waals surface area contributed by atoms with Gasteiger partial charge in [-0.2, -0.15) is 0 Å². The monoisotopic (exact) mass is 314 g/mol. The molecule has 0 atom stereocenters. The maximum atomic E-state index is 12.0. The van der Waals surface area contributed by atoms with Crippen LogP contribution in [0.5, 0.6) is 5.75 Å². The van der Waals surface area contributed by atoms with Crippen molar-refractivity contribution in [1.29, 1.82) is 0 Å². The van der Waals surface area contributed by atoms with Crippen LogP contribution in [0.3, 0.4) is 0 Å². The van der Waals surface area contributed by atoms with Crippen LogP contribution < -0.4 is 14.8 Å². The molecule has 0 aromatic heterocycles. The van der Waals surface area contributed by atoms with Gasteiger partial charge in [0.25, 0.3) is 0 Å². The molecule has 0 heterocycles. The second-order valence-corrected chi connectivity index (χ2v) is 7.35. The maximum absolute atomic E-state index is 12.0. The fourth-order valence-electron chi connectivity index (χ4n) is 1.46. The maximum Gasteiger partial charge on any atom is 0.240 e. The van der Waals surface area contributed by atoms with Crippen LogP contribution in [0.25, 0.3) is 0 Å². The highest BCUT2D eigenvalue weighted by molar-refractivity contribution is 7.89. The molecule has 0 bridgehead atoms. The van der Waals surface area contributed by atoms with Crippen LogP contribution in [-0.2, 0) is 14.8 Å². The first-order valence-corrected chi connectivity index (χ1v) is 8.07. The van der Waals surface area contributed by atoms with E-state index in [2.05, 4.69) is 10.0 Å². The Morgan fingerprint density at radius 3 is 2.19 bits per heavy atom. The van der Waals surface area contributed by atoms with Gasteiger partial charge in [-0.25, -0.2) is 13.1 Å². The molecule has 0 aliphatic heterocycles. The van der Waals surface area contributed by atoms with Gasteiger partial charge in [-0.15, -0.1) is 0 Å². The zero-order valence-electron chi connectivity index (χ0n) is 12.8. The number of hydrogen-bond acceptors (Lipinski definition) is 4. The molecule has 118 valence electrons. The molecule has 1 rings (SSSR count). The standard InChI is InChI=1S/C14H22N2O4S/c1-14(2,3)13(17)15-9-10-16-21(18,19)12-7-5-11(20-4)6-8-12/h5-8,16H,9-10H2,1-4H3,(H,15,17). The van der Waals surface area contributed by atoms with Crippen molar-refractivity contribution in [3.63, 3.8) is 0 Å². The molecule has 0 unspecified atom stereocenters. The quantitative estimate of drug-likeness (QED) is 0.771. The number of sulfonamides is 1. The summed E-state index contributed by atoms with van der Waals surface area (Å²) in [5, 5.41) is 2.68. The Balaban J connectivity index is 2.52. The Morgan fingerprint density at radius 1 is 1.14 bits per heavy atom. The molecule has 0 radical (unpaired) electrons. The van der Waals surface area contributed by atoms with E-state index >= 15 is 0 Å². The van der Waals surface area contributed by atoms with Gasteiger partial charge in [0.15, 0.2) is 0 Å². The van der Waals surface area contributed by atoms with E-state index < -0.39 is 15.4 Å². The third-order valence-corrected chi connectivity index (χ3v) is 4.23. The largest absolute Gasteiger partial charge is 0.497 e. The molecule has 2 N–H and O–H groups in total. The fraction of sp³-hybridized carbons (Fsp3) is 0.500. The summed E-state index contributed by atoms with van der Waals surface area (Å²) in [7, 11) is -2.06. The van der Waals surface area contributed by atoms with Crippen LogP contribution >= 0.6 is 0 Å². The molecule has 1 amide bonds. The topological polar surface area (TPSA) is 84.5 Å². The number of ether oxygens (including phenoxy) is 1. The molecule has 7 heteroatoms. The molecule has 0 fully saturated rings. The van der Waals surface area contributed by atoms with Crippen molar-refractivity contribution in [3.05, 3.63) is 24.3 Å². The smallest absolute Gasteiger partial charge is 0.240 e. The van der Waals surface area contributed by atoms with Gasteiger partial charge in [0.1, 0.15) is 5.75 Å². The first-order valence-electron chi connectivity index (χ1n) is 6.59. The minimum absolute atomic E-state index is 0.119. The van der Waals surface area contributed by atoms with Crippen LogP contribution in [0, 0.1) is 5.41 Å². The molecule has 6 nitrogen and oxygen atoms in total. The number of methoxy groups -OCH3 is 1. The third kappa shape index (κ3) is 5.35. The van der Waals surface area contributed by atoms with Gasteiger partial charge in [0.05, 0.1) is 12.0 Å². The summed E-state index contributed by atoms with van der Waals surface area (Å²) in [5.41, 5.74) is -0.491. The van der Waals surface area contributed by atoms with Gasteiger partial charge in [0.2, 0.25) is 15.9 Å². The number of carbonyl (C=O) groups excluding carboxylic acids is 1. The van der Waals surface area contributed by atoms with E-state index in [9.17, 15) is 13.2 Å². The van der Waals surface area contributed by atoms with Crippen molar-refractivity contribution >= 4 is 15.9 Å². The van der Waals surface area contributed by atoms with Crippen molar-refractivity contribution in [2.24, 2.45) is 5.41 Å². The summed E-state index contributed by atoms with van der Waals surface area (Å²) in [4.78, 5) is 11.8.